The maximum absolute atomic E-state index is 12.9. The predicted molar refractivity (Wildman–Crippen MR) is 101 cm³/mol. The molecular formula is C21H30N2O3. The highest BCUT2D eigenvalue weighted by atomic mass is 16.5. The zero-order valence-electron chi connectivity index (χ0n) is 16.0. The molecule has 0 bridgehead atoms. The van der Waals surface area contributed by atoms with Crippen LogP contribution in [0.3, 0.4) is 0 Å². The number of carbonyl (C=O) groups excluding carboxylic acids is 2. The molecule has 2 amide bonds. The molecule has 0 N–H and O–H groups in total. The highest BCUT2D eigenvalue weighted by Crippen LogP contribution is 2.27. The third-order valence-electron chi connectivity index (χ3n) is 5.71. The maximum atomic E-state index is 12.9. The molecule has 3 rings (SSSR count). The number of hydrogen-bond acceptors (Lipinski definition) is 3. The molecule has 5 heteroatoms. The summed E-state index contributed by atoms with van der Waals surface area (Å²) in [7, 11) is 1.65. The van der Waals surface area contributed by atoms with Gasteiger partial charge in [-0.05, 0) is 49.4 Å². The van der Waals surface area contributed by atoms with Gasteiger partial charge in [0.1, 0.15) is 5.75 Å². The van der Waals surface area contributed by atoms with Crippen molar-refractivity contribution in [2.75, 3.05) is 33.3 Å². The summed E-state index contributed by atoms with van der Waals surface area (Å²) in [5.41, 5.74) is 1.75. The zero-order chi connectivity index (χ0) is 18.5. The van der Waals surface area contributed by atoms with Gasteiger partial charge in [-0.3, -0.25) is 9.59 Å². The molecule has 1 aromatic rings. The van der Waals surface area contributed by atoms with Crippen molar-refractivity contribution in [3.05, 3.63) is 29.3 Å². The van der Waals surface area contributed by atoms with Crippen molar-refractivity contribution in [3.8, 4) is 5.75 Å². The lowest BCUT2D eigenvalue weighted by molar-refractivity contribution is -0.135. The SMILES string of the molecule is CCc1cc(C(=O)N2CCCN(C(=O)C3CCCC3)CC2)ccc1OC. The molecular weight excluding hydrogens is 328 g/mol. The number of nitrogens with zero attached hydrogens (tertiary/aromatic N) is 2. The van der Waals surface area contributed by atoms with Crippen LogP contribution in [-0.2, 0) is 11.2 Å². The smallest absolute Gasteiger partial charge is 0.253 e. The molecule has 1 heterocycles. The molecule has 0 atom stereocenters. The molecule has 1 aromatic carbocycles. The van der Waals surface area contributed by atoms with E-state index in [0.29, 0.717) is 31.1 Å². The van der Waals surface area contributed by atoms with Crippen LogP contribution >= 0.6 is 0 Å². The molecule has 142 valence electrons. The quantitative estimate of drug-likeness (QED) is 0.831. The Morgan fingerprint density at radius 1 is 1.04 bits per heavy atom. The van der Waals surface area contributed by atoms with Crippen LogP contribution in [0.2, 0.25) is 0 Å². The number of benzene rings is 1. The minimum Gasteiger partial charge on any atom is -0.496 e. The van der Waals surface area contributed by atoms with E-state index in [9.17, 15) is 9.59 Å². The zero-order valence-corrected chi connectivity index (χ0v) is 16.0. The summed E-state index contributed by atoms with van der Waals surface area (Å²) in [4.78, 5) is 29.5. The van der Waals surface area contributed by atoms with Crippen molar-refractivity contribution in [2.45, 2.75) is 45.4 Å². The van der Waals surface area contributed by atoms with Gasteiger partial charge in [0.25, 0.3) is 5.91 Å². The molecule has 1 saturated carbocycles. The molecule has 5 nitrogen and oxygen atoms in total. The van der Waals surface area contributed by atoms with Crippen molar-refractivity contribution in [3.63, 3.8) is 0 Å². The van der Waals surface area contributed by atoms with Gasteiger partial charge < -0.3 is 14.5 Å². The molecule has 0 radical (unpaired) electrons. The van der Waals surface area contributed by atoms with Gasteiger partial charge in [0, 0.05) is 37.7 Å². The van der Waals surface area contributed by atoms with Gasteiger partial charge in [-0.2, -0.15) is 0 Å². The predicted octanol–water partition coefficient (Wildman–Crippen LogP) is 3.12. The summed E-state index contributed by atoms with van der Waals surface area (Å²) in [6.07, 6.45) is 6.08. The van der Waals surface area contributed by atoms with Crippen molar-refractivity contribution in [1.29, 1.82) is 0 Å². The van der Waals surface area contributed by atoms with Gasteiger partial charge in [-0.25, -0.2) is 0 Å². The number of rotatable bonds is 4. The lowest BCUT2D eigenvalue weighted by Gasteiger charge is -2.24. The third kappa shape index (κ3) is 4.02. The van der Waals surface area contributed by atoms with Crippen molar-refractivity contribution in [2.24, 2.45) is 5.92 Å². The third-order valence-corrected chi connectivity index (χ3v) is 5.71. The van der Waals surface area contributed by atoms with E-state index in [-0.39, 0.29) is 11.8 Å². The Bertz CT molecular complexity index is 653. The summed E-state index contributed by atoms with van der Waals surface area (Å²) in [5.74, 6) is 1.39. The second-order valence-electron chi connectivity index (χ2n) is 7.33. The van der Waals surface area contributed by atoms with Crippen LogP contribution in [-0.4, -0.2) is 54.9 Å². The largest absolute Gasteiger partial charge is 0.496 e. The first kappa shape index (κ1) is 18.7. The number of ether oxygens (including phenoxy) is 1. The summed E-state index contributed by atoms with van der Waals surface area (Å²) < 4.78 is 5.36. The van der Waals surface area contributed by atoms with Crippen LogP contribution in [0, 0.1) is 5.92 Å². The van der Waals surface area contributed by atoms with E-state index in [1.807, 2.05) is 28.0 Å². The van der Waals surface area contributed by atoms with E-state index in [1.165, 1.54) is 12.8 Å². The molecule has 0 unspecified atom stereocenters. The summed E-state index contributed by atoms with van der Waals surface area (Å²) in [6, 6.07) is 5.65. The Balaban J connectivity index is 1.65. The van der Waals surface area contributed by atoms with Gasteiger partial charge in [-0.15, -0.1) is 0 Å². The first-order valence-corrected chi connectivity index (χ1v) is 9.89. The lowest BCUT2D eigenvalue weighted by Crippen LogP contribution is -2.39. The minimum atomic E-state index is 0.0533. The van der Waals surface area contributed by atoms with Crippen LogP contribution in [0.4, 0.5) is 0 Å². The average Bonchev–Trinajstić information content (AvgIpc) is 3.11. The van der Waals surface area contributed by atoms with E-state index in [0.717, 1.165) is 43.5 Å². The number of aryl methyl sites for hydroxylation is 1. The van der Waals surface area contributed by atoms with E-state index in [1.54, 1.807) is 7.11 Å². The van der Waals surface area contributed by atoms with Crippen molar-refractivity contribution >= 4 is 11.8 Å². The first-order chi connectivity index (χ1) is 12.6. The van der Waals surface area contributed by atoms with Gasteiger partial charge in [0.2, 0.25) is 5.91 Å². The standard InChI is InChI=1S/C21H30N2O3/c1-3-16-15-18(9-10-19(16)26-2)21(25)23-12-6-11-22(13-14-23)20(24)17-7-4-5-8-17/h9-10,15,17H,3-8,11-14H2,1-2H3. The van der Waals surface area contributed by atoms with Crippen LogP contribution in [0.1, 0.15) is 54.9 Å². The normalized spacial score (nSPS) is 18.7. The van der Waals surface area contributed by atoms with Gasteiger partial charge in [-0.1, -0.05) is 19.8 Å². The second-order valence-corrected chi connectivity index (χ2v) is 7.33. The number of amides is 2. The maximum Gasteiger partial charge on any atom is 0.253 e. The van der Waals surface area contributed by atoms with E-state index >= 15 is 0 Å². The van der Waals surface area contributed by atoms with Gasteiger partial charge >= 0.3 is 0 Å². The van der Waals surface area contributed by atoms with Crippen LogP contribution in [0.15, 0.2) is 18.2 Å². The minimum absolute atomic E-state index is 0.0533. The Morgan fingerprint density at radius 2 is 1.73 bits per heavy atom. The first-order valence-electron chi connectivity index (χ1n) is 9.89. The summed E-state index contributed by atoms with van der Waals surface area (Å²) in [6.45, 7) is 4.80. The fourth-order valence-corrected chi connectivity index (χ4v) is 4.14. The van der Waals surface area contributed by atoms with Crippen molar-refractivity contribution < 1.29 is 14.3 Å². The fourth-order valence-electron chi connectivity index (χ4n) is 4.14. The van der Waals surface area contributed by atoms with Crippen molar-refractivity contribution in [1.82, 2.24) is 9.80 Å². The molecule has 0 spiro atoms. The molecule has 1 saturated heterocycles. The van der Waals surface area contributed by atoms with Gasteiger partial charge in [0.15, 0.2) is 0 Å². The van der Waals surface area contributed by atoms with Crippen LogP contribution < -0.4 is 4.74 Å². The number of carbonyl (C=O) groups is 2. The topological polar surface area (TPSA) is 49.9 Å². The number of hydrogen-bond donors (Lipinski definition) is 0. The molecule has 1 aliphatic carbocycles. The molecule has 0 aromatic heterocycles. The van der Waals surface area contributed by atoms with Crippen LogP contribution in [0.5, 0.6) is 5.75 Å². The highest BCUT2D eigenvalue weighted by molar-refractivity contribution is 5.94. The summed E-state index contributed by atoms with van der Waals surface area (Å²) in [5, 5.41) is 0. The van der Waals surface area contributed by atoms with E-state index in [4.69, 9.17) is 4.74 Å². The Kier molecular flexibility index (Phi) is 6.17. The van der Waals surface area contributed by atoms with E-state index < -0.39 is 0 Å². The molecule has 2 fully saturated rings. The monoisotopic (exact) mass is 358 g/mol. The Labute approximate surface area is 156 Å². The second kappa shape index (κ2) is 8.56. The van der Waals surface area contributed by atoms with Gasteiger partial charge in [0.05, 0.1) is 7.11 Å². The fraction of sp³-hybridized carbons (Fsp3) is 0.619. The molecule has 2 aliphatic rings. The van der Waals surface area contributed by atoms with E-state index in [2.05, 4.69) is 6.92 Å². The Morgan fingerprint density at radius 3 is 2.42 bits per heavy atom. The highest BCUT2D eigenvalue weighted by Gasteiger charge is 2.29. The van der Waals surface area contributed by atoms with Crippen LogP contribution in [0.25, 0.3) is 0 Å². The molecule has 1 aliphatic heterocycles. The number of methoxy groups -OCH3 is 1. The Hall–Kier alpha value is -2.04. The average molecular weight is 358 g/mol. The lowest BCUT2D eigenvalue weighted by atomic mass is 10.1. The molecule has 26 heavy (non-hydrogen) atoms. The summed E-state index contributed by atoms with van der Waals surface area (Å²) >= 11 is 0.